The van der Waals surface area contributed by atoms with Gasteiger partial charge in [0.15, 0.2) is 5.82 Å². The van der Waals surface area contributed by atoms with E-state index < -0.39 is 6.09 Å². The molecule has 1 N–H and O–H groups in total. The average Bonchev–Trinajstić information content (AvgIpc) is 2.31. The number of nitrogens with zero attached hydrogens (tertiary/aromatic N) is 3. The molecule has 72 valence electrons. The van der Waals surface area contributed by atoms with Gasteiger partial charge in [0.1, 0.15) is 0 Å². The molecule has 1 rings (SSSR count). The number of carbonyl (C=O) groups is 1. The second-order valence-corrected chi connectivity index (χ2v) is 2.84. The van der Waals surface area contributed by atoms with Crippen LogP contribution in [0.3, 0.4) is 0 Å². The van der Waals surface area contributed by atoms with Crippen molar-refractivity contribution in [3.8, 4) is 0 Å². The Morgan fingerprint density at radius 3 is 2.69 bits per heavy atom. The van der Waals surface area contributed by atoms with E-state index >= 15 is 0 Å². The van der Waals surface area contributed by atoms with Crippen molar-refractivity contribution in [3.63, 3.8) is 0 Å². The minimum Gasteiger partial charge on any atom is -0.465 e. The molecule has 0 bridgehead atoms. The average molecular weight is 183 g/mol. The second kappa shape index (κ2) is 3.47. The molecule has 1 heterocycles. The predicted molar refractivity (Wildman–Crippen MR) is 49.0 cm³/mol. The molecule has 1 aromatic heterocycles. The molecule has 0 atom stereocenters. The monoisotopic (exact) mass is 183 g/mol. The first-order valence-corrected chi connectivity index (χ1v) is 4.07. The van der Waals surface area contributed by atoms with E-state index in [9.17, 15) is 4.79 Å². The molecule has 0 fully saturated rings. The first kappa shape index (κ1) is 9.57. The zero-order valence-electron chi connectivity index (χ0n) is 7.98. The van der Waals surface area contributed by atoms with Crippen LogP contribution in [-0.2, 0) is 7.05 Å². The van der Waals surface area contributed by atoms with Crippen molar-refractivity contribution in [3.05, 3.63) is 11.8 Å². The quantitative estimate of drug-likeness (QED) is 0.750. The largest absolute Gasteiger partial charge is 0.465 e. The number of anilines is 1. The van der Waals surface area contributed by atoms with Gasteiger partial charge in [-0.2, -0.15) is 5.10 Å². The Balaban J connectivity index is 3.04. The van der Waals surface area contributed by atoms with Crippen LogP contribution in [0.2, 0.25) is 0 Å². The smallest absolute Gasteiger partial charge is 0.413 e. The molecule has 0 aliphatic heterocycles. The zero-order chi connectivity index (χ0) is 10.0. The lowest BCUT2D eigenvalue weighted by molar-refractivity contribution is 0.202. The first-order valence-electron chi connectivity index (χ1n) is 4.07. The highest BCUT2D eigenvalue weighted by molar-refractivity contribution is 5.85. The molecule has 5 heteroatoms. The van der Waals surface area contributed by atoms with Crippen molar-refractivity contribution >= 4 is 11.9 Å². The van der Waals surface area contributed by atoms with Gasteiger partial charge in [-0.25, -0.2) is 4.79 Å². The highest BCUT2D eigenvalue weighted by atomic mass is 16.4. The van der Waals surface area contributed by atoms with Gasteiger partial charge in [-0.1, -0.05) is 0 Å². The number of carboxylic acid groups (broad SMARTS) is 1. The molecule has 13 heavy (non-hydrogen) atoms. The van der Waals surface area contributed by atoms with Gasteiger partial charge in [-0.05, 0) is 13.8 Å². The molecular weight excluding hydrogens is 170 g/mol. The summed E-state index contributed by atoms with van der Waals surface area (Å²) < 4.78 is 1.61. The summed E-state index contributed by atoms with van der Waals surface area (Å²) in [5.41, 5.74) is 0.867. The number of hydrogen-bond acceptors (Lipinski definition) is 2. The summed E-state index contributed by atoms with van der Waals surface area (Å²) in [6.45, 7) is 4.03. The number of aryl methyl sites for hydroxylation is 2. The Kier molecular flexibility index (Phi) is 2.55. The standard InChI is InChI=1S/C8H13N3O2/c1-4-11(8(12)13)7-6(2)5-10(3)9-7/h5H,4H2,1-3H3,(H,12,13). The second-order valence-electron chi connectivity index (χ2n) is 2.84. The third-order valence-electron chi connectivity index (χ3n) is 1.79. The van der Waals surface area contributed by atoms with Gasteiger partial charge in [0.25, 0.3) is 0 Å². The van der Waals surface area contributed by atoms with E-state index in [0.29, 0.717) is 12.4 Å². The van der Waals surface area contributed by atoms with E-state index in [1.165, 1.54) is 4.90 Å². The normalized spacial score (nSPS) is 10.1. The van der Waals surface area contributed by atoms with Crippen LogP contribution in [0.4, 0.5) is 10.6 Å². The van der Waals surface area contributed by atoms with Crippen LogP contribution in [-0.4, -0.2) is 27.5 Å². The van der Waals surface area contributed by atoms with Crippen LogP contribution < -0.4 is 4.90 Å². The summed E-state index contributed by atoms with van der Waals surface area (Å²) in [7, 11) is 1.77. The van der Waals surface area contributed by atoms with E-state index in [0.717, 1.165) is 5.56 Å². The summed E-state index contributed by atoms with van der Waals surface area (Å²) in [5, 5.41) is 12.9. The van der Waals surface area contributed by atoms with E-state index in [1.54, 1.807) is 24.9 Å². The highest BCUT2D eigenvalue weighted by Crippen LogP contribution is 2.16. The van der Waals surface area contributed by atoms with Crippen molar-refractivity contribution < 1.29 is 9.90 Å². The SMILES string of the molecule is CCN(C(=O)O)c1nn(C)cc1C. The van der Waals surface area contributed by atoms with Gasteiger partial charge in [0, 0.05) is 25.4 Å². The Hall–Kier alpha value is -1.52. The van der Waals surface area contributed by atoms with E-state index in [2.05, 4.69) is 5.10 Å². The predicted octanol–water partition coefficient (Wildman–Crippen LogP) is 1.23. The van der Waals surface area contributed by atoms with Crippen molar-refractivity contribution in [1.82, 2.24) is 9.78 Å². The zero-order valence-corrected chi connectivity index (χ0v) is 7.98. The maximum absolute atomic E-state index is 10.8. The lowest BCUT2D eigenvalue weighted by Crippen LogP contribution is -2.29. The van der Waals surface area contributed by atoms with E-state index in [1.807, 2.05) is 6.92 Å². The number of hydrogen-bond donors (Lipinski definition) is 1. The first-order chi connectivity index (χ1) is 6.06. The lowest BCUT2D eigenvalue weighted by Gasteiger charge is -2.14. The summed E-state index contributed by atoms with van der Waals surface area (Å²) in [4.78, 5) is 12.0. The fourth-order valence-electron chi connectivity index (χ4n) is 1.24. The Bertz CT molecular complexity index is 319. The number of amides is 1. The van der Waals surface area contributed by atoms with Gasteiger partial charge in [-0.3, -0.25) is 9.58 Å². The topological polar surface area (TPSA) is 58.4 Å². The minimum atomic E-state index is -0.968. The van der Waals surface area contributed by atoms with Crippen LogP contribution in [0, 0.1) is 6.92 Å². The molecule has 0 unspecified atom stereocenters. The molecule has 5 nitrogen and oxygen atoms in total. The Morgan fingerprint density at radius 1 is 1.77 bits per heavy atom. The maximum Gasteiger partial charge on any atom is 0.413 e. The van der Waals surface area contributed by atoms with Crippen LogP contribution in [0.1, 0.15) is 12.5 Å². The number of rotatable bonds is 2. The minimum absolute atomic E-state index is 0.410. The Morgan fingerprint density at radius 2 is 2.38 bits per heavy atom. The molecular formula is C8H13N3O2. The summed E-state index contributed by atoms with van der Waals surface area (Å²) in [6, 6.07) is 0. The molecule has 1 aromatic rings. The molecule has 0 aromatic carbocycles. The summed E-state index contributed by atoms with van der Waals surface area (Å²) in [5.74, 6) is 0.512. The van der Waals surface area contributed by atoms with Gasteiger partial charge in [-0.15, -0.1) is 0 Å². The van der Waals surface area contributed by atoms with Crippen molar-refractivity contribution in [2.75, 3.05) is 11.4 Å². The van der Waals surface area contributed by atoms with Crippen molar-refractivity contribution in [2.24, 2.45) is 7.05 Å². The maximum atomic E-state index is 10.8. The molecule has 0 aliphatic rings. The molecule has 0 radical (unpaired) electrons. The third kappa shape index (κ3) is 1.80. The highest BCUT2D eigenvalue weighted by Gasteiger charge is 2.16. The lowest BCUT2D eigenvalue weighted by atomic mass is 10.3. The van der Waals surface area contributed by atoms with Gasteiger partial charge in [0.2, 0.25) is 0 Å². The van der Waals surface area contributed by atoms with Crippen molar-refractivity contribution in [1.29, 1.82) is 0 Å². The van der Waals surface area contributed by atoms with Crippen LogP contribution in [0.25, 0.3) is 0 Å². The van der Waals surface area contributed by atoms with Crippen molar-refractivity contribution in [2.45, 2.75) is 13.8 Å². The molecule has 0 spiro atoms. The van der Waals surface area contributed by atoms with Gasteiger partial charge in [0.05, 0.1) is 0 Å². The Labute approximate surface area is 76.6 Å². The van der Waals surface area contributed by atoms with Crippen LogP contribution >= 0.6 is 0 Å². The molecule has 0 saturated carbocycles. The van der Waals surface area contributed by atoms with Crippen LogP contribution in [0.5, 0.6) is 0 Å². The summed E-state index contributed by atoms with van der Waals surface area (Å²) >= 11 is 0. The molecule has 1 amide bonds. The molecule has 0 saturated heterocycles. The molecule has 0 aliphatic carbocycles. The van der Waals surface area contributed by atoms with E-state index in [4.69, 9.17) is 5.11 Å². The fourth-order valence-corrected chi connectivity index (χ4v) is 1.24. The van der Waals surface area contributed by atoms with E-state index in [-0.39, 0.29) is 0 Å². The third-order valence-corrected chi connectivity index (χ3v) is 1.79. The number of aromatic nitrogens is 2. The fraction of sp³-hybridized carbons (Fsp3) is 0.500. The van der Waals surface area contributed by atoms with Crippen LogP contribution in [0.15, 0.2) is 6.20 Å². The summed E-state index contributed by atoms with van der Waals surface area (Å²) in [6.07, 6.45) is 0.824. The van der Waals surface area contributed by atoms with Gasteiger partial charge >= 0.3 is 6.09 Å². The van der Waals surface area contributed by atoms with Gasteiger partial charge < -0.3 is 5.11 Å².